The Morgan fingerprint density at radius 3 is 2.75 bits per heavy atom. The van der Waals surface area contributed by atoms with E-state index in [1.165, 1.54) is 0 Å². The van der Waals surface area contributed by atoms with Gasteiger partial charge >= 0.3 is 0 Å². The minimum absolute atomic E-state index is 0.0650. The van der Waals surface area contributed by atoms with Gasteiger partial charge in [-0.15, -0.1) is 16.7 Å². The fourth-order valence-electron chi connectivity index (χ4n) is 1.29. The van der Waals surface area contributed by atoms with Gasteiger partial charge in [-0.1, -0.05) is 17.3 Å². The van der Waals surface area contributed by atoms with Crippen molar-refractivity contribution in [3.8, 4) is 0 Å². The molecule has 90 valence electrons. The highest BCUT2D eigenvalue weighted by molar-refractivity contribution is 7.07. The van der Waals surface area contributed by atoms with Crippen LogP contribution in [-0.4, -0.2) is 27.9 Å². The summed E-state index contributed by atoms with van der Waals surface area (Å²) in [5.74, 6) is 0.655. The van der Waals surface area contributed by atoms with E-state index in [1.807, 2.05) is 0 Å². The predicted octanol–water partition coefficient (Wildman–Crippen LogP) is 2.38. The van der Waals surface area contributed by atoms with Crippen LogP contribution in [-0.2, 0) is 0 Å². The number of alkyl halides is 1. The van der Waals surface area contributed by atoms with E-state index in [-0.39, 0.29) is 5.91 Å². The predicted molar refractivity (Wildman–Crippen MR) is 66.2 cm³/mol. The number of rotatable bonds is 7. The number of carbonyl (C=O) groups is 1. The van der Waals surface area contributed by atoms with Crippen molar-refractivity contribution in [2.24, 2.45) is 0 Å². The summed E-state index contributed by atoms with van der Waals surface area (Å²) in [6.45, 7) is 2.50. The zero-order chi connectivity index (χ0) is 11.8. The number of aryl methyl sites for hydroxylation is 1. The summed E-state index contributed by atoms with van der Waals surface area (Å²) >= 11 is 6.71. The quantitative estimate of drug-likeness (QED) is 0.606. The Morgan fingerprint density at radius 1 is 1.38 bits per heavy atom. The molecule has 1 aromatic heterocycles. The van der Waals surface area contributed by atoms with Crippen molar-refractivity contribution in [2.45, 2.75) is 32.6 Å². The monoisotopic (exact) mass is 261 g/mol. The van der Waals surface area contributed by atoms with Crippen LogP contribution in [0.25, 0.3) is 0 Å². The molecule has 0 aliphatic heterocycles. The van der Waals surface area contributed by atoms with Crippen LogP contribution in [0.2, 0.25) is 0 Å². The van der Waals surface area contributed by atoms with Gasteiger partial charge < -0.3 is 5.32 Å². The fourth-order valence-corrected chi connectivity index (χ4v) is 2.06. The van der Waals surface area contributed by atoms with E-state index in [2.05, 4.69) is 14.9 Å². The average molecular weight is 262 g/mol. The first-order valence-electron chi connectivity index (χ1n) is 5.39. The Hall–Kier alpha value is -0.680. The van der Waals surface area contributed by atoms with Crippen LogP contribution in [0.1, 0.15) is 41.0 Å². The van der Waals surface area contributed by atoms with E-state index in [9.17, 15) is 4.79 Å². The molecule has 0 bridgehead atoms. The Balaban J connectivity index is 2.14. The maximum absolute atomic E-state index is 11.6. The zero-order valence-electron chi connectivity index (χ0n) is 9.33. The van der Waals surface area contributed by atoms with Crippen molar-refractivity contribution in [3.63, 3.8) is 0 Å². The fraction of sp³-hybridized carbons (Fsp3) is 0.700. The number of hydrogen-bond donors (Lipinski definition) is 1. The van der Waals surface area contributed by atoms with Crippen molar-refractivity contribution in [3.05, 3.63) is 10.6 Å². The maximum atomic E-state index is 11.6. The summed E-state index contributed by atoms with van der Waals surface area (Å²) in [5.41, 5.74) is 0.699. The second kappa shape index (κ2) is 7.57. The van der Waals surface area contributed by atoms with Gasteiger partial charge in [-0.25, -0.2) is 0 Å². The average Bonchev–Trinajstić information content (AvgIpc) is 2.69. The molecule has 16 heavy (non-hydrogen) atoms. The van der Waals surface area contributed by atoms with E-state index in [1.54, 1.807) is 6.92 Å². The van der Waals surface area contributed by atoms with Gasteiger partial charge in [-0.05, 0) is 31.3 Å². The van der Waals surface area contributed by atoms with E-state index in [4.69, 9.17) is 11.6 Å². The van der Waals surface area contributed by atoms with E-state index in [0.717, 1.165) is 43.1 Å². The summed E-state index contributed by atoms with van der Waals surface area (Å²) in [4.78, 5) is 12.2. The van der Waals surface area contributed by atoms with E-state index < -0.39 is 0 Å². The summed E-state index contributed by atoms with van der Waals surface area (Å²) in [6, 6.07) is 0. The van der Waals surface area contributed by atoms with Gasteiger partial charge in [-0.2, -0.15) is 0 Å². The van der Waals surface area contributed by atoms with Gasteiger partial charge in [0.2, 0.25) is 0 Å². The smallest absolute Gasteiger partial charge is 0.264 e. The third kappa shape index (κ3) is 4.45. The molecule has 0 unspecified atom stereocenters. The maximum Gasteiger partial charge on any atom is 0.264 e. The molecule has 0 aliphatic rings. The molecular formula is C10H16ClN3OS. The van der Waals surface area contributed by atoms with Gasteiger partial charge in [0.25, 0.3) is 5.91 Å². The minimum atomic E-state index is -0.0650. The van der Waals surface area contributed by atoms with Gasteiger partial charge in [0.15, 0.2) is 0 Å². The number of carbonyl (C=O) groups excluding carboxylic acids is 1. The highest BCUT2D eigenvalue weighted by atomic mass is 35.5. The van der Waals surface area contributed by atoms with Gasteiger partial charge in [-0.3, -0.25) is 4.79 Å². The molecule has 0 saturated carbocycles. The number of hydrogen-bond acceptors (Lipinski definition) is 4. The number of amides is 1. The molecule has 0 saturated heterocycles. The Labute approximate surface area is 105 Å². The van der Waals surface area contributed by atoms with Crippen molar-refractivity contribution in [1.29, 1.82) is 0 Å². The lowest BCUT2D eigenvalue weighted by molar-refractivity contribution is 0.0956. The number of nitrogens with zero attached hydrogens (tertiary/aromatic N) is 2. The third-order valence-electron chi connectivity index (χ3n) is 2.20. The molecule has 1 heterocycles. The first kappa shape index (κ1) is 13.4. The van der Waals surface area contributed by atoms with Crippen LogP contribution in [0.4, 0.5) is 0 Å². The second-order valence-corrected chi connectivity index (χ2v) is 4.68. The largest absolute Gasteiger partial charge is 0.351 e. The second-order valence-electron chi connectivity index (χ2n) is 3.55. The van der Waals surface area contributed by atoms with Crippen LogP contribution in [0.3, 0.4) is 0 Å². The highest BCUT2D eigenvalue weighted by Gasteiger charge is 2.11. The van der Waals surface area contributed by atoms with Crippen LogP contribution < -0.4 is 5.32 Å². The van der Waals surface area contributed by atoms with Crippen LogP contribution in [0, 0.1) is 6.92 Å². The van der Waals surface area contributed by atoms with Gasteiger partial charge in [0.1, 0.15) is 4.88 Å². The van der Waals surface area contributed by atoms with Gasteiger partial charge in [0.05, 0.1) is 5.69 Å². The summed E-state index contributed by atoms with van der Waals surface area (Å²) in [7, 11) is 0. The Bertz CT molecular complexity index is 330. The molecule has 0 spiro atoms. The van der Waals surface area contributed by atoms with Crippen molar-refractivity contribution in [2.75, 3.05) is 12.4 Å². The zero-order valence-corrected chi connectivity index (χ0v) is 10.9. The minimum Gasteiger partial charge on any atom is -0.351 e. The van der Waals surface area contributed by atoms with Crippen LogP contribution in [0.5, 0.6) is 0 Å². The summed E-state index contributed by atoms with van der Waals surface area (Å²) < 4.78 is 3.73. The number of nitrogens with one attached hydrogen (secondary N) is 1. The lowest BCUT2D eigenvalue weighted by Crippen LogP contribution is -2.24. The molecule has 6 heteroatoms. The Kier molecular flexibility index (Phi) is 6.33. The van der Waals surface area contributed by atoms with Crippen molar-refractivity contribution in [1.82, 2.24) is 14.9 Å². The lowest BCUT2D eigenvalue weighted by atomic mass is 10.2. The molecule has 0 atom stereocenters. The highest BCUT2D eigenvalue weighted by Crippen LogP contribution is 2.08. The van der Waals surface area contributed by atoms with Crippen molar-refractivity contribution >= 4 is 29.0 Å². The SMILES string of the molecule is Cc1nnsc1C(=O)NCCCCCCCl. The van der Waals surface area contributed by atoms with E-state index >= 15 is 0 Å². The van der Waals surface area contributed by atoms with Crippen LogP contribution >= 0.6 is 23.1 Å². The molecular weight excluding hydrogens is 246 g/mol. The van der Waals surface area contributed by atoms with Crippen LogP contribution in [0.15, 0.2) is 0 Å². The topological polar surface area (TPSA) is 54.9 Å². The molecule has 1 aromatic rings. The molecule has 0 aliphatic carbocycles. The van der Waals surface area contributed by atoms with E-state index in [0.29, 0.717) is 17.1 Å². The summed E-state index contributed by atoms with van der Waals surface area (Å²) in [5, 5.41) is 6.66. The first-order chi connectivity index (χ1) is 7.75. The summed E-state index contributed by atoms with van der Waals surface area (Å²) in [6.07, 6.45) is 4.27. The number of aromatic nitrogens is 2. The number of halogens is 1. The molecule has 4 nitrogen and oxygen atoms in total. The molecule has 0 aromatic carbocycles. The number of unbranched alkanes of at least 4 members (excludes halogenated alkanes) is 3. The van der Waals surface area contributed by atoms with Crippen molar-refractivity contribution < 1.29 is 4.79 Å². The normalized spacial score (nSPS) is 10.4. The third-order valence-corrected chi connectivity index (χ3v) is 3.30. The molecule has 1 rings (SSSR count). The lowest BCUT2D eigenvalue weighted by Gasteiger charge is -2.03. The Morgan fingerprint density at radius 2 is 2.12 bits per heavy atom. The standard InChI is InChI=1S/C10H16ClN3OS/c1-8-9(16-14-13-8)10(15)12-7-5-3-2-4-6-11/h2-7H2,1H3,(H,12,15). The molecule has 0 fully saturated rings. The molecule has 1 N–H and O–H groups in total. The first-order valence-corrected chi connectivity index (χ1v) is 6.69. The van der Waals surface area contributed by atoms with Gasteiger partial charge in [0, 0.05) is 12.4 Å². The molecule has 0 radical (unpaired) electrons. The molecule has 1 amide bonds.